The normalized spacial score (nSPS) is 22.7. The molecule has 4 aromatic carbocycles. The van der Waals surface area contributed by atoms with E-state index in [2.05, 4.69) is 70.1 Å². The van der Waals surface area contributed by atoms with E-state index in [1.807, 2.05) is 72.8 Å². The third-order valence-corrected chi connectivity index (χ3v) is 17.7. The number of fused-ring (bicyclic) bond motifs is 4. The van der Waals surface area contributed by atoms with Gasteiger partial charge in [-0.2, -0.15) is 0 Å². The fraction of sp³-hybridized carbons (Fsp3) is 0.192. The average molecular weight is 951 g/mol. The second-order valence-electron chi connectivity index (χ2n) is 16.2. The minimum atomic E-state index is -0.339. The van der Waals surface area contributed by atoms with Gasteiger partial charge in [0.1, 0.15) is 37.8 Å². The van der Waals surface area contributed by atoms with Gasteiger partial charge in [0.05, 0.1) is 36.2 Å². The van der Waals surface area contributed by atoms with Crippen LogP contribution in [0.5, 0.6) is 34.5 Å². The highest BCUT2D eigenvalue weighted by molar-refractivity contribution is 8.02. The zero-order chi connectivity index (χ0) is 42.8. The molecule has 0 radical (unpaired) electrons. The molecule has 0 amide bonds. The Labute approximate surface area is 395 Å². The Morgan fingerprint density at radius 1 is 0.415 bits per heavy atom. The Hall–Kier alpha value is -5.67. The van der Waals surface area contributed by atoms with Crippen molar-refractivity contribution >= 4 is 57.1 Å². The van der Waals surface area contributed by atoms with Gasteiger partial charge in [0.15, 0.2) is 52.8 Å². The van der Waals surface area contributed by atoms with E-state index >= 15 is 0 Å². The van der Waals surface area contributed by atoms with Crippen LogP contribution in [0.1, 0.15) is 57.5 Å². The molecule has 0 aliphatic carbocycles. The van der Waals surface area contributed by atoms with Crippen LogP contribution in [0.2, 0.25) is 0 Å². The standard InChI is InChI=1S/C52H38O8S5/c1-5-13-29(14-6-1)33-21-53-43-37(57-33)25-61-47(43)41-42(48-44-38(26-62-48)58-34(22-54-44)30-15-7-2-8-16-30)50(52-46-40(28-64-52)60-36(24-56-46)32-19-11-4-12-20-32)65-49(41)51-45-39(27-63-51)59-35(23-55-45)31-17-9-3-10-18-31/h1-20,25-28,33-36,43,47H,21-24H2. The Kier molecular flexibility index (Phi) is 10.2. The third-order valence-electron chi connectivity index (χ3n) is 12.2. The van der Waals surface area contributed by atoms with Crippen LogP contribution < -0.4 is 28.4 Å². The largest absolute Gasteiger partial charge is 0.484 e. The lowest BCUT2D eigenvalue weighted by molar-refractivity contribution is -0.0879. The van der Waals surface area contributed by atoms with E-state index in [9.17, 15) is 0 Å². The quantitative estimate of drug-likeness (QED) is 0.148. The van der Waals surface area contributed by atoms with Crippen molar-refractivity contribution in [2.75, 3.05) is 26.4 Å². The average Bonchev–Trinajstić information content (AvgIpc) is 4.23. The Bertz CT molecular complexity index is 3030. The molecule has 324 valence electrons. The lowest BCUT2D eigenvalue weighted by Gasteiger charge is -2.33. The molecular weight excluding hydrogens is 913 g/mol. The first kappa shape index (κ1) is 39.7. The van der Waals surface area contributed by atoms with Crippen LogP contribution in [-0.2, 0) is 9.47 Å². The van der Waals surface area contributed by atoms with E-state index in [0.29, 0.717) is 26.4 Å². The molecule has 4 aromatic heterocycles. The van der Waals surface area contributed by atoms with Gasteiger partial charge in [0.25, 0.3) is 0 Å². The first-order valence-electron chi connectivity index (χ1n) is 21.5. The van der Waals surface area contributed by atoms with Gasteiger partial charge in [0.2, 0.25) is 0 Å². The summed E-state index contributed by atoms with van der Waals surface area (Å²) in [5.74, 6) is 5.27. The smallest absolute Gasteiger partial charge is 0.180 e. The van der Waals surface area contributed by atoms with Crippen molar-refractivity contribution in [2.45, 2.75) is 35.8 Å². The van der Waals surface area contributed by atoms with Crippen LogP contribution >= 0.6 is 57.1 Å². The highest BCUT2D eigenvalue weighted by Gasteiger charge is 2.46. The molecule has 13 rings (SSSR count). The minimum Gasteiger partial charge on any atom is -0.484 e. The van der Waals surface area contributed by atoms with Gasteiger partial charge in [0, 0.05) is 27.1 Å². The SMILES string of the molecule is C1=C2OC(c3ccccc3)COC2C(c2c(-c3scc4c3OCC(c3ccccc3)O4)sc(-c3scc4c3OCC(c3ccccc3)O4)c2-c2scc3c2OCC(c2ccccc2)O3)S1. The van der Waals surface area contributed by atoms with Gasteiger partial charge in [-0.15, -0.1) is 57.1 Å². The molecule has 0 bridgehead atoms. The van der Waals surface area contributed by atoms with Crippen molar-refractivity contribution in [3.63, 3.8) is 0 Å². The maximum atomic E-state index is 6.92. The van der Waals surface area contributed by atoms with Crippen LogP contribution in [0.3, 0.4) is 0 Å². The molecular formula is C52H38O8S5. The number of rotatable bonds is 8. The monoisotopic (exact) mass is 950 g/mol. The molecule has 8 nitrogen and oxygen atoms in total. The van der Waals surface area contributed by atoms with Gasteiger partial charge in [-0.05, 0) is 27.8 Å². The minimum absolute atomic E-state index is 0.175. The number of ether oxygens (including phenoxy) is 8. The second kappa shape index (κ2) is 16.6. The van der Waals surface area contributed by atoms with Crippen LogP contribution in [0.25, 0.3) is 29.9 Å². The summed E-state index contributed by atoms with van der Waals surface area (Å²) in [5, 5.41) is 8.22. The molecule has 8 aromatic rings. The van der Waals surface area contributed by atoms with Crippen molar-refractivity contribution < 1.29 is 37.9 Å². The van der Waals surface area contributed by atoms with Crippen molar-refractivity contribution in [1.29, 1.82) is 0 Å². The zero-order valence-electron chi connectivity index (χ0n) is 34.5. The van der Waals surface area contributed by atoms with Crippen LogP contribution in [-0.4, -0.2) is 32.5 Å². The molecule has 6 atom stereocenters. The summed E-state index contributed by atoms with van der Waals surface area (Å²) >= 11 is 8.39. The van der Waals surface area contributed by atoms with Crippen LogP contribution in [0, 0.1) is 0 Å². The van der Waals surface area contributed by atoms with E-state index in [1.165, 1.54) is 0 Å². The maximum Gasteiger partial charge on any atom is 0.180 e. The molecule has 6 unspecified atom stereocenters. The van der Waals surface area contributed by atoms with Gasteiger partial charge >= 0.3 is 0 Å². The molecule has 5 aliphatic heterocycles. The predicted octanol–water partition coefficient (Wildman–Crippen LogP) is 14.3. The summed E-state index contributed by atoms with van der Waals surface area (Å²) in [6.45, 7) is 1.59. The second-order valence-corrected chi connectivity index (χ2v) is 20.8. The summed E-state index contributed by atoms with van der Waals surface area (Å²) in [4.78, 5) is 5.11. The molecule has 0 saturated carbocycles. The molecule has 5 aliphatic rings. The summed E-state index contributed by atoms with van der Waals surface area (Å²) < 4.78 is 54.2. The summed E-state index contributed by atoms with van der Waals surface area (Å²) in [6, 6.07) is 41.1. The van der Waals surface area contributed by atoms with E-state index in [4.69, 9.17) is 37.9 Å². The van der Waals surface area contributed by atoms with Gasteiger partial charge in [-0.3, -0.25) is 0 Å². The number of hydrogen-bond donors (Lipinski definition) is 0. The first-order chi connectivity index (χ1) is 32.2. The zero-order valence-corrected chi connectivity index (χ0v) is 38.5. The molecule has 0 N–H and O–H groups in total. The van der Waals surface area contributed by atoms with Gasteiger partial charge < -0.3 is 37.9 Å². The van der Waals surface area contributed by atoms with Crippen LogP contribution in [0.4, 0.5) is 0 Å². The Balaban J connectivity index is 0.967. The van der Waals surface area contributed by atoms with Crippen molar-refractivity contribution in [3.8, 4) is 64.4 Å². The first-order valence-corrected chi connectivity index (χ1v) is 25.9. The maximum absolute atomic E-state index is 6.92. The van der Waals surface area contributed by atoms with Crippen LogP contribution in [0.15, 0.2) is 149 Å². The van der Waals surface area contributed by atoms with Gasteiger partial charge in [-0.25, -0.2) is 0 Å². The Morgan fingerprint density at radius 3 is 1.31 bits per heavy atom. The third kappa shape index (κ3) is 7.02. The number of benzene rings is 4. The van der Waals surface area contributed by atoms with Crippen molar-refractivity contribution in [2.24, 2.45) is 0 Å². The van der Waals surface area contributed by atoms with Crippen molar-refractivity contribution in [3.05, 3.63) is 176 Å². The number of hydrogen-bond acceptors (Lipinski definition) is 13. The molecule has 1 fully saturated rings. The topological polar surface area (TPSA) is 73.8 Å². The van der Waals surface area contributed by atoms with Gasteiger partial charge in [-0.1, -0.05) is 121 Å². The van der Waals surface area contributed by atoms with E-state index in [1.54, 1.807) is 57.1 Å². The molecule has 13 heteroatoms. The summed E-state index contributed by atoms with van der Waals surface area (Å²) in [6.07, 6.45) is -1.21. The van der Waals surface area contributed by atoms with E-state index < -0.39 is 0 Å². The fourth-order valence-electron chi connectivity index (χ4n) is 9.07. The fourth-order valence-corrected chi connectivity index (χ4v) is 14.9. The summed E-state index contributed by atoms with van der Waals surface area (Å²) in [5.41, 5.74) is 6.49. The molecule has 9 heterocycles. The lowest BCUT2D eigenvalue weighted by Crippen LogP contribution is -2.30. The summed E-state index contributed by atoms with van der Waals surface area (Å²) in [7, 11) is 0. The molecule has 1 saturated heterocycles. The lowest BCUT2D eigenvalue weighted by atomic mass is 9.96. The highest BCUT2D eigenvalue weighted by atomic mass is 32.2. The Morgan fingerprint density at radius 2 is 0.831 bits per heavy atom. The number of thioether (sulfide) groups is 1. The van der Waals surface area contributed by atoms with E-state index in [-0.39, 0.29) is 35.8 Å². The highest BCUT2D eigenvalue weighted by Crippen LogP contribution is 2.65. The van der Waals surface area contributed by atoms with Crippen molar-refractivity contribution in [1.82, 2.24) is 0 Å². The molecule has 0 spiro atoms. The number of thiophene rings is 4. The molecule has 65 heavy (non-hydrogen) atoms. The predicted molar refractivity (Wildman–Crippen MR) is 259 cm³/mol. The van der Waals surface area contributed by atoms with E-state index in [0.717, 1.165) is 98.0 Å².